The summed E-state index contributed by atoms with van der Waals surface area (Å²) in [5.74, 6) is -0.0718. The van der Waals surface area contributed by atoms with Crippen LogP contribution in [0.2, 0.25) is 0 Å². The SMILES string of the molecule is CNCCNC(=O)c1c(C)nn(-c2ccccc2)c1C.Cl. The third-order valence-electron chi connectivity index (χ3n) is 3.18. The number of rotatable bonds is 5. The standard InChI is InChI=1S/C15H20N4O.ClH/c1-11-14(15(20)17-10-9-16-3)12(2)19(18-11)13-7-5-4-6-8-13;/h4-8,16H,9-10H2,1-3H3,(H,17,20);1H. The average molecular weight is 309 g/mol. The molecule has 114 valence electrons. The van der Waals surface area contributed by atoms with Gasteiger partial charge in [-0.05, 0) is 33.0 Å². The zero-order valence-electron chi connectivity index (χ0n) is 12.5. The number of likely N-dealkylation sites (N-methyl/N-ethyl adjacent to an activating group) is 1. The lowest BCUT2D eigenvalue weighted by Gasteiger charge is -2.06. The Bertz CT molecular complexity index is 595. The van der Waals surface area contributed by atoms with Crippen molar-refractivity contribution in [3.63, 3.8) is 0 Å². The van der Waals surface area contributed by atoms with E-state index in [1.807, 2.05) is 55.9 Å². The molecule has 0 saturated carbocycles. The van der Waals surface area contributed by atoms with Crippen LogP contribution in [0.15, 0.2) is 30.3 Å². The van der Waals surface area contributed by atoms with Gasteiger partial charge in [-0.15, -0.1) is 12.4 Å². The van der Waals surface area contributed by atoms with Crippen molar-refractivity contribution in [3.8, 4) is 5.69 Å². The third kappa shape index (κ3) is 3.83. The Morgan fingerprint density at radius 1 is 1.19 bits per heavy atom. The van der Waals surface area contributed by atoms with Gasteiger partial charge >= 0.3 is 0 Å². The highest BCUT2D eigenvalue weighted by Gasteiger charge is 2.18. The fourth-order valence-electron chi connectivity index (χ4n) is 2.18. The van der Waals surface area contributed by atoms with Gasteiger partial charge < -0.3 is 10.6 Å². The van der Waals surface area contributed by atoms with Crippen molar-refractivity contribution >= 4 is 18.3 Å². The minimum absolute atomic E-state index is 0. The van der Waals surface area contributed by atoms with Crippen LogP contribution in [0.5, 0.6) is 0 Å². The molecule has 2 aromatic rings. The molecular formula is C15H21ClN4O. The monoisotopic (exact) mass is 308 g/mol. The van der Waals surface area contributed by atoms with Gasteiger partial charge in [0.2, 0.25) is 0 Å². The van der Waals surface area contributed by atoms with E-state index in [-0.39, 0.29) is 18.3 Å². The summed E-state index contributed by atoms with van der Waals surface area (Å²) in [6.07, 6.45) is 0. The van der Waals surface area contributed by atoms with Gasteiger partial charge in [-0.3, -0.25) is 4.79 Å². The van der Waals surface area contributed by atoms with Crippen molar-refractivity contribution < 1.29 is 4.79 Å². The lowest BCUT2D eigenvalue weighted by molar-refractivity contribution is 0.0953. The van der Waals surface area contributed by atoms with Gasteiger partial charge in [-0.1, -0.05) is 18.2 Å². The molecular weight excluding hydrogens is 288 g/mol. The predicted octanol–water partition coefficient (Wildman–Crippen LogP) is 1.86. The molecule has 0 aliphatic carbocycles. The van der Waals surface area contributed by atoms with Crippen LogP contribution in [0.4, 0.5) is 0 Å². The quantitative estimate of drug-likeness (QED) is 0.829. The van der Waals surface area contributed by atoms with Crippen molar-refractivity contribution in [3.05, 3.63) is 47.3 Å². The number of carbonyl (C=O) groups excluding carboxylic acids is 1. The molecule has 21 heavy (non-hydrogen) atoms. The summed E-state index contributed by atoms with van der Waals surface area (Å²) in [5.41, 5.74) is 3.22. The van der Waals surface area contributed by atoms with Gasteiger partial charge in [-0.2, -0.15) is 5.10 Å². The number of aromatic nitrogens is 2. The van der Waals surface area contributed by atoms with Gasteiger partial charge in [0.05, 0.1) is 22.6 Å². The first-order chi connectivity index (χ1) is 9.65. The van der Waals surface area contributed by atoms with E-state index in [1.54, 1.807) is 0 Å². The van der Waals surface area contributed by atoms with E-state index in [1.165, 1.54) is 0 Å². The fraction of sp³-hybridized carbons (Fsp3) is 0.333. The van der Waals surface area contributed by atoms with Crippen LogP contribution < -0.4 is 10.6 Å². The van der Waals surface area contributed by atoms with Gasteiger partial charge in [0.25, 0.3) is 5.91 Å². The summed E-state index contributed by atoms with van der Waals surface area (Å²) < 4.78 is 1.81. The Balaban J connectivity index is 0.00000220. The van der Waals surface area contributed by atoms with E-state index >= 15 is 0 Å². The second kappa shape index (κ2) is 7.81. The van der Waals surface area contributed by atoms with Crippen LogP contribution in [-0.2, 0) is 0 Å². The molecule has 0 atom stereocenters. The van der Waals surface area contributed by atoms with Crippen LogP contribution in [0.1, 0.15) is 21.7 Å². The molecule has 2 rings (SSSR count). The molecule has 0 bridgehead atoms. The Kier molecular flexibility index (Phi) is 6.39. The van der Waals surface area contributed by atoms with Crippen LogP contribution in [0.25, 0.3) is 5.69 Å². The number of amides is 1. The summed E-state index contributed by atoms with van der Waals surface area (Å²) in [6.45, 7) is 5.13. The summed E-state index contributed by atoms with van der Waals surface area (Å²) >= 11 is 0. The third-order valence-corrected chi connectivity index (χ3v) is 3.18. The zero-order chi connectivity index (χ0) is 14.5. The van der Waals surface area contributed by atoms with Gasteiger partial charge in [0.15, 0.2) is 0 Å². The maximum Gasteiger partial charge on any atom is 0.255 e. The number of aryl methyl sites for hydroxylation is 1. The van der Waals surface area contributed by atoms with Crippen molar-refractivity contribution in [2.45, 2.75) is 13.8 Å². The lowest BCUT2D eigenvalue weighted by atomic mass is 10.2. The van der Waals surface area contributed by atoms with E-state index in [9.17, 15) is 4.79 Å². The highest BCUT2D eigenvalue weighted by Crippen LogP contribution is 2.17. The number of halogens is 1. The van der Waals surface area contributed by atoms with Crippen LogP contribution >= 0.6 is 12.4 Å². The number of carbonyl (C=O) groups is 1. The molecule has 1 heterocycles. The second-order valence-corrected chi connectivity index (χ2v) is 4.65. The molecule has 5 nitrogen and oxygen atoms in total. The smallest absolute Gasteiger partial charge is 0.255 e. The number of nitrogens with one attached hydrogen (secondary N) is 2. The Hall–Kier alpha value is -1.85. The van der Waals surface area contributed by atoms with Gasteiger partial charge in [0.1, 0.15) is 0 Å². The van der Waals surface area contributed by atoms with E-state index in [4.69, 9.17) is 0 Å². The number of nitrogens with zero attached hydrogens (tertiary/aromatic N) is 2. The number of hydrogen-bond acceptors (Lipinski definition) is 3. The highest BCUT2D eigenvalue weighted by atomic mass is 35.5. The van der Waals surface area contributed by atoms with E-state index in [2.05, 4.69) is 15.7 Å². The molecule has 1 aromatic carbocycles. The van der Waals surface area contributed by atoms with E-state index in [0.717, 1.165) is 23.6 Å². The topological polar surface area (TPSA) is 58.9 Å². The lowest BCUT2D eigenvalue weighted by Crippen LogP contribution is -2.31. The Morgan fingerprint density at radius 2 is 1.86 bits per heavy atom. The molecule has 1 aromatic heterocycles. The van der Waals surface area contributed by atoms with Crippen LogP contribution in [0, 0.1) is 13.8 Å². The van der Waals surface area contributed by atoms with Crippen molar-refractivity contribution in [1.82, 2.24) is 20.4 Å². The summed E-state index contributed by atoms with van der Waals surface area (Å²) in [5, 5.41) is 10.4. The molecule has 0 fully saturated rings. The highest BCUT2D eigenvalue weighted by molar-refractivity contribution is 5.96. The molecule has 0 saturated heterocycles. The average Bonchev–Trinajstić information content (AvgIpc) is 2.75. The Labute approximate surface area is 131 Å². The van der Waals surface area contributed by atoms with E-state index < -0.39 is 0 Å². The molecule has 0 aliphatic heterocycles. The fourth-order valence-corrected chi connectivity index (χ4v) is 2.18. The maximum absolute atomic E-state index is 12.2. The normalized spacial score (nSPS) is 10.0. The predicted molar refractivity (Wildman–Crippen MR) is 86.5 cm³/mol. The molecule has 6 heteroatoms. The van der Waals surface area contributed by atoms with Crippen LogP contribution in [0.3, 0.4) is 0 Å². The molecule has 0 aliphatic rings. The van der Waals surface area contributed by atoms with Gasteiger partial charge in [-0.25, -0.2) is 4.68 Å². The van der Waals surface area contributed by atoms with Crippen molar-refractivity contribution in [2.75, 3.05) is 20.1 Å². The Morgan fingerprint density at radius 3 is 2.48 bits per heavy atom. The number of para-hydroxylation sites is 1. The minimum Gasteiger partial charge on any atom is -0.351 e. The molecule has 2 N–H and O–H groups in total. The van der Waals surface area contributed by atoms with E-state index in [0.29, 0.717) is 12.1 Å². The number of benzene rings is 1. The maximum atomic E-state index is 12.2. The molecule has 0 radical (unpaired) electrons. The van der Waals surface area contributed by atoms with Crippen molar-refractivity contribution in [2.24, 2.45) is 0 Å². The van der Waals surface area contributed by atoms with Gasteiger partial charge in [0, 0.05) is 13.1 Å². The zero-order valence-corrected chi connectivity index (χ0v) is 13.3. The molecule has 0 spiro atoms. The summed E-state index contributed by atoms with van der Waals surface area (Å²) in [4.78, 5) is 12.2. The first kappa shape index (κ1) is 17.2. The summed E-state index contributed by atoms with van der Waals surface area (Å²) in [6, 6.07) is 9.82. The number of hydrogen-bond donors (Lipinski definition) is 2. The molecule has 0 unspecified atom stereocenters. The molecule has 1 amide bonds. The second-order valence-electron chi connectivity index (χ2n) is 4.65. The minimum atomic E-state index is -0.0718. The van der Waals surface area contributed by atoms with Crippen LogP contribution in [-0.4, -0.2) is 35.8 Å². The first-order valence-electron chi connectivity index (χ1n) is 6.69. The first-order valence-corrected chi connectivity index (χ1v) is 6.69. The summed E-state index contributed by atoms with van der Waals surface area (Å²) in [7, 11) is 1.86. The largest absolute Gasteiger partial charge is 0.351 e. The van der Waals surface area contributed by atoms with Crippen molar-refractivity contribution in [1.29, 1.82) is 0 Å².